The number of para-hydroxylation sites is 3. The summed E-state index contributed by atoms with van der Waals surface area (Å²) in [6, 6.07) is 51.6. The molecule has 54 heavy (non-hydrogen) atoms. The van der Waals surface area contributed by atoms with Gasteiger partial charge in [0.15, 0.2) is 0 Å². The summed E-state index contributed by atoms with van der Waals surface area (Å²) >= 11 is 0. The molecule has 0 atom stereocenters. The van der Waals surface area contributed by atoms with E-state index in [9.17, 15) is 0 Å². The molecular weight excluding hydrogens is 855 g/mol. The standard InChI is InChI=1S/C29H17N2O.C19H26NSi.Ir/c1-2-9-20-18-21(17-16-19(20)8-1)31-26-14-5-4-13-25(26)30-29(31)24-12-7-11-23-22-10-3-6-15-27(22)32-28(23)24;1-19(2,3)13-16-12-17(15-10-8-7-9-11-15)20-14-18(16)21(4,5)6;/h1-11,13-18H;7-10,12,14H,13H2,1-6H3;/q2*-1;/i;13D2;. The van der Waals surface area contributed by atoms with Gasteiger partial charge in [0.1, 0.15) is 5.58 Å². The van der Waals surface area contributed by atoms with Crippen LogP contribution >= 0.6 is 0 Å². The summed E-state index contributed by atoms with van der Waals surface area (Å²) in [5, 5.41) is 5.68. The molecule has 6 heteroatoms. The van der Waals surface area contributed by atoms with Crippen molar-refractivity contribution in [3.8, 4) is 28.3 Å². The van der Waals surface area contributed by atoms with Crippen molar-refractivity contribution in [3.63, 3.8) is 0 Å². The summed E-state index contributed by atoms with van der Waals surface area (Å²) in [6.45, 7) is 12.6. The van der Waals surface area contributed by atoms with E-state index in [-0.39, 0.29) is 20.1 Å². The number of imidazole rings is 1. The number of hydrogen-bond donors (Lipinski definition) is 0. The van der Waals surface area contributed by atoms with Gasteiger partial charge in [-0.3, -0.25) is 4.98 Å². The van der Waals surface area contributed by atoms with Gasteiger partial charge in [-0.15, -0.1) is 54.1 Å². The number of rotatable bonds is 5. The van der Waals surface area contributed by atoms with Gasteiger partial charge in [0.25, 0.3) is 0 Å². The molecule has 0 fully saturated rings. The Morgan fingerprint density at radius 3 is 2.28 bits per heavy atom. The number of pyridine rings is 1. The van der Waals surface area contributed by atoms with E-state index in [1.165, 1.54) is 10.8 Å². The van der Waals surface area contributed by atoms with Crippen LogP contribution in [-0.4, -0.2) is 22.6 Å². The van der Waals surface area contributed by atoms with E-state index in [1.54, 1.807) is 0 Å². The van der Waals surface area contributed by atoms with E-state index in [4.69, 9.17) is 12.1 Å². The van der Waals surface area contributed by atoms with E-state index < -0.39 is 19.9 Å². The smallest absolute Gasteiger partial charge is 0.120 e. The zero-order valence-corrected chi connectivity index (χ0v) is 34.8. The third-order valence-electron chi connectivity index (χ3n) is 9.32. The number of furan rings is 1. The van der Waals surface area contributed by atoms with E-state index in [2.05, 4.69) is 114 Å². The minimum Gasteiger partial charge on any atom is -0.501 e. The molecule has 9 rings (SSSR count). The maximum atomic E-state index is 8.75. The van der Waals surface area contributed by atoms with E-state index in [1.807, 2.05) is 87.6 Å². The predicted octanol–water partition coefficient (Wildman–Crippen LogP) is 12.2. The maximum absolute atomic E-state index is 8.75. The molecule has 3 aromatic heterocycles. The van der Waals surface area contributed by atoms with E-state index >= 15 is 0 Å². The van der Waals surface area contributed by atoms with Crippen LogP contribution in [0.5, 0.6) is 0 Å². The molecular formula is C48H43IrN3OSi-2. The van der Waals surface area contributed by atoms with Crippen molar-refractivity contribution in [2.75, 3.05) is 0 Å². The summed E-state index contributed by atoms with van der Waals surface area (Å²) in [5.74, 6) is 0.825. The monoisotopic (exact) mass is 900 g/mol. The first-order valence-corrected chi connectivity index (χ1v) is 21.6. The molecule has 0 saturated carbocycles. The Morgan fingerprint density at radius 2 is 1.50 bits per heavy atom. The largest absolute Gasteiger partial charge is 0.501 e. The Kier molecular flexibility index (Phi) is 9.58. The summed E-state index contributed by atoms with van der Waals surface area (Å²) < 4.78 is 26.0. The minimum atomic E-state index is -1.70. The van der Waals surface area contributed by atoms with Crippen molar-refractivity contribution in [2.24, 2.45) is 5.41 Å². The van der Waals surface area contributed by atoms with Crippen molar-refractivity contribution < 1.29 is 27.3 Å². The van der Waals surface area contributed by atoms with Gasteiger partial charge in [-0.1, -0.05) is 124 Å². The normalized spacial score (nSPS) is 12.6. The number of nitrogens with zero attached hydrogens (tertiary/aromatic N) is 3. The molecule has 0 aliphatic heterocycles. The summed E-state index contributed by atoms with van der Waals surface area (Å²) in [4.78, 5) is 9.64. The van der Waals surface area contributed by atoms with Crippen molar-refractivity contribution in [1.29, 1.82) is 0 Å². The molecule has 0 spiro atoms. The fourth-order valence-corrected chi connectivity index (χ4v) is 8.28. The zero-order chi connectivity index (χ0) is 38.5. The summed E-state index contributed by atoms with van der Waals surface area (Å²) in [7, 11) is -1.70. The third-order valence-corrected chi connectivity index (χ3v) is 11.3. The SMILES string of the molecule is [2H]C([2H])(c1cc(-c2[c-]cccc2)ncc1[Si](C)(C)C)C(C)(C)C.[Ir].[c-]1ccc2c(oc3ccccc32)c1-c1nc2ccccc2n1-c1ccc2ccccc2c1. The number of benzene rings is 6. The quantitative estimate of drug-likeness (QED) is 0.128. The first-order chi connectivity index (χ1) is 26.3. The van der Waals surface area contributed by atoms with Crippen LogP contribution in [0.2, 0.25) is 19.6 Å². The van der Waals surface area contributed by atoms with Gasteiger partial charge in [-0.25, -0.2) is 0 Å². The molecule has 3 heterocycles. The molecule has 0 N–H and O–H groups in total. The Hall–Kier alpha value is -5.13. The number of hydrogen-bond acceptors (Lipinski definition) is 3. The molecule has 0 saturated heterocycles. The van der Waals surface area contributed by atoms with Crippen LogP contribution < -0.4 is 5.19 Å². The summed E-state index contributed by atoms with van der Waals surface area (Å²) in [5.41, 5.74) is 7.60. The number of fused-ring (bicyclic) bond motifs is 5. The van der Waals surface area contributed by atoms with Gasteiger partial charge in [0.05, 0.1) is 30.5 Å². The van der Waals surface area contributed by atoms with Crippen LogP contribution in [0.3, 0.4) is 0 Å². The zero-order valence-electron chi connectivity index (χ0n) is 33.4. The van der Waals surface area contributed by atoms with Gasteiger partial charge < -0.3 is 14.0 Å². The molecule has 1 radical (unpaired) electrons. The Labute approximate surface area is 335 Å². The molecule has 0 bridgehead atoms. The van der Waals surface area contributed by atoms with Crippen LogP contribution in [-0.2, 0) is 26.5 Å². The second-order valence-corrected chi connectivity index (χ2v) is 20.5. The van der Waals surface area contributed by atoms with Gasteiger partial charge in [0, 0.05) is 40.1 Å². The van der Waals surface area contributed by atoms with E-state index in [0.29, 0.717) is 0 Å². The second kappa shape index (κ2) is 14.9. The first kappa shape index (κ1) is 34.6. The Bertz CT molecular complexity index is 2830. The van der Waals surface area contributed by atoms with Gasteiger partial charge in [-0.2, -0.15) is 0 Å². The van der Waals surface area contributed by atoms with E-state index in [0.717, 1.165) is 72.1 Å². The number of aromatic nitrogens is 3. The average Bonchev–Trinajstić information content (AvgIpc) is 3.76. The first-order valence-electron chi connectivity index (χ1n) is 19.1. The Morgan fingerprint density at radius 1 is 0.759 bits per heavy atom. The molecule has 0 aliphatic carbocycles. The van der Waals surface area contributed by atoms with Gasteiger partial charge in [-0.05, 0) is 63.8 Å². The van der Waals surface area contributed by atoms with Gasteiger partial charge >= 0.3 is 0 Å². The minimum absolute atomic E-state index is 0. The van der Waals surface area contributed by atoms with Crippen molar-refractivity contribution >= 4 is 57.0 Å². The predicted molar refractivity (Wildman–Crippen MR) is 225 cm³/mol. The van der Waals surface area contributed by atoms with Crippen LogP contribution in [0.4, 0.5) is 0 Å². The topological polar surface area (TPSA) is 43.9 Å². The fourth-order valence-electron chi connectivity index (χ4n) is 6.89. The third kappa shape index (κ3) is 7.47. The molecule has 9 aromatic rings. The van der Waals surface area contributed by atoms with Crippen LogP contribution in [0, 0.1) is 17.5 Å². The molecule has 0 aliphatic rings. The van der Waals surface area contributed by atoms with Crippen molar-refractivity contribution in [3.05, 3.63) is 157 Å². The van der Waals surface area contributed by atoms with Gasteiger partial charge in [0.2, 0.25) is 0 Å². The fraction of sp³-hybridized carbons (Fsp3) is 0.167. The summed E-state index contributed by atoms with van der Waals surface area (Å²) in [6.07, 6.45) is 0.469. The Balaban J connectivity index is 0.000000179. The van der Waals surface area contributed by atoms with Crippen LogP contribution in [0.25, 0.3) is 72.1 Å². The second-order valence-electron chi connectivity index (χ2n) is 15.5. The van der Waals surface area contributed by atoms with Crippen LogP contribution in [0.1, 0.15) is 29.1 Å². The molecule has 0 amide bonds. The van der Waals surface area contributed by atoms with Crippen LogP contribution in [0.15, 0.2) is 144 Å². The molecule has 6 aromatic carbocycles. The molecule has 271 valence electrons. The molecule has 0 unspecified atom stereocenters. The average molecular weight is 900 g/mol. The molecule has 4 nitrogen and oxygen atoms in total. The van der Waals surface area contributed by atoms with Crippen molar-refractivity contribution in [2.45, 2.75) is 46.8 Å². The van der Waals surface area contributed by atoms with Crippen molar-refractivity contribution in [1.82, 2.24) is 14.5 Å². The maximum Gasteiger partial charge on any atom is 0.120 e.